The first-order chi connectivity index (χ1) is 14.1. The molecule has 4 aromatic rings. The highest BCUT2D eigenvalue weighted by Gasteiger charge is 2.14. The molecule has 2 N–H and O–H groups in total. The maximum Gasteiger partial charge on any atom is 0.273 e. The molecular weight excluding hydrogens is 373 g/mol. The Hall–Kier alpha value is -3.81. The predicted octanol–water partition coefficient (Wildman–Crippen LogP) is 3.55. The Labute approximate surface area is 166 Å². The van der Waals surface area contributed by atoms with Gasteiger partial charge in [0.2, 0.25) is 0 Å². The Bertz CT molecular complexity index is 1120. The number of carbonyl (C=O) groups excluding carboxylic acids is 1. The van der Waals surface area contributed by atoms with Gasteiger partial charge in [0.05, 0.1) is 0 Å². The van der Waals surface area contributed by atoms with E-state index in [0.717, 1.165) is 5.56 Å². The number of benzene rings is 2. The van der Waals surface area contributed by atoms with Gasteiger partial charge >= 0.3 is 0 Å². The van der Waals surface area contributed by atoms with Gasteiger partial charge in [-0.3, -0.25) is 9.89 Å². The molecule has 2 aromatic carbocycles. The maximum absolute atomic E-state index is 13.0. The third-order valence-corrected chi connectivity index (χ3v) is 4.36. The quantitative estimate of drug-likeness (QED) is 0.524. The van der Waals surface area contributed by atoms with Crippen LogP contribution < -0.4 is 5.32 Å². The van der Waals surface area contributed by atoms with Crippen molar-refractivity contribution < 1.29 is 13.7 Å². The summed E-state index contributed by atoms with van der Waals surface area (Å²) in [6.45, 7) is 2.38. The summed E-state index contributed by atoms with van der Waals surface area (Å²) in [6, 6.07) is 15.2. The van der Waals surface area contributed by atoms with Crippen LogP contribution in [0.1, 0.15) is 21.9 Å². The summed E-state index contributed by atoms with van der Waals surface area (Å²) in [6.07, 6.45) is 0.493. The monoisotopic (exact) mass is 391 g/mol. The van der Waals surface area contributed by atoms with E-state index in [4.69, 9.17) is 4.52 Å². The highest BCUT2D eigenvalue weighted by Crippen LogP contribution is 2.20. The number of hydrogen-bond acceptors (Lipinski definition) is 5. The molecule has 0 saturated carbocycles. The van der Waals surface area contributed by atoms with Crippen LogP contribution in [0.25, 0.3) is 22.7 Å². The summed E-state index contributed by atoms with van der Waals surface area (Å²) < 4.78 is 18.2. The van der Waals surface area contributed by atoms with Crippen LogP contribution in [0.15, 0.2) is 59.1 Å². The van der Waals surface area contributed by atoms with Crippen molar-refractivity contribution in [1.82, 2.24) is 25.7 Å². The molecule has 1 amide bonds. The van der Waals surface area contributed by atoms with Crippen LogP contribution in [0.2, 0.25) is 0 Å². The first-order valence-corrected chi connectivity index (χ1v) is 9.08. The van der Waals surface area contributed by atoms with Gasteiger partial charge in [0, 0.05) is 30.2 Å². The Balaban J connectivity index is 1.32. The average Bonchev–Trinajstić information content (AvgIpc) is 3.39. The molecular formula is C21H18FN5O2. The van der Waals surface area contributed by atoms with Crippen molar-refractivity contribution >= 4 is 5.91 Å². The van der Waals surface area contributed by atoms with Crippen molar-refractivity contribution in [2.75, 3.05) is 6.54 Å². The van der Waals surface area contributed by atoms with Crippen molar-refractivity contribution in [3.05, 3.63) is 77.5 Å². The Morgan fingerprint density at radius 1 is 1.10 bits per heavy atom. The van der Waals surface area contributed by atoms with Crippen molar-refractivity contribution in [3.8, 4) is 22.7 Å². The zero-order valence-corrected chi connectivity index (χ0v) is 15.6. The fourth-order valence-electron chi connectivity index (χ4n) is 2.76. The minimum Gasteiger partial charge on any atom is -0.355 e. The number of halogens is 1. The van der Waals surface area contributed by atoms with Crippen LogP contribution in [-0.2, 0) is 6.42 Å². The summed E-state index contributed by atoms with van der Waals surface area (Å²) >= 11 is 0. The fourth-order valence-corrected chi connectivity index (χ4v) is 2.76. The van der Waals surface area contributed by atoms with E-state index in [1.54, 1.807) is 12.1 Å². The van der Waals surface area contributed by atoms with Crippen LogP contribution in [0.5, 0.6) is 0 Å². The molecule has 0 fully saturated rings. The van der Waals surface area contributed by atoms with E-state index >= 15 is 0 Å². The molecule has 0 radical (unpaired) electrons. The van der Waals surface area contributed by atoms with Crippen molar-refractivity contribution in [3.63, 3.8) is 0 Å². The largest absolute Gasteiger partial charge is 0.355 e. The van der Waals surface area contributed by atoms with Crippen molar-refractivity contribution in [2.45, 2.75) is 13.3 Å². The first-order valence-electron chi connectivity index (χ1n) is 9.08. The van der Waals surface area contributed by atoms with Gasteiger partial charge in [-0.1, -0.05) is 35.0 Å². The van der Waals surface area contributed by atoms with E-state index in [0.29, 0.717) is 35.9 Å². The van der Waals surface area contributed by atoms with Gasteiger partial charge in [0.15, 0.2) is 17.3 Å². The van der Waals surface area contributed by atoms with E-state index in [2.05, 4.69) is 25.7 Å². The van der Waals surface area contributed by atoms with Gasteiger partial charge < -0.3 is 9.84 Å². The van der Waals surface area contributed by atoms with Crippen molar-refractivity contribution in [2.24, 2.45) is 0 Å². The lowest BCUT2D eigenvalue weighted by molar-refractivity contribution is 0.0945. The van der Waals surface area contributed by atoms with Crippen LogP contribution in [-0.4, -0.2) is 32.8 Å². The Kier molecular flexibility index (Phi) is 5.15. The lowest BCUT2D eigenvalue weighted by Gasteiger charge is -2.00. The van der Waals surface area contributed by atoms with Crippen molar-refractivity contribution in [1.29, 1.82) is 0 Å². The molecule has 29 heavy (non-hydrogen) atoms. The molecule has 0 bridgehead atoms. The molecule has 2 aromatic heterocycles. The zero-order valence-electron chi connectivity index (χ0n) is 15.6. The minimum absolute atomic E-state index is 0.155. The summed E-state index contributed by atoms with van der Waals surface area (Å²) in [5.41, 5.74) is 2.89. The van der Waals surface area contributed by atoms with Gasteiger partial charge in [-0.2, -0.15) is 5.10 Å². The number of aromatic nitrogens is 4. The lowest BCUT2D eigenvalue weighted by atomic mass is 10.1. The van der Waals surface area contributed by atoms with Gasteiger partial charge in [0.25, 0.3) is 5.91 Å². The van der Waals surface area contributed by atoms with Crippen LogP contribution in [0, 0.1) is 12.7 Å². The van der Waals surface area contributed by atoms with Gasteiger partial charge in [0.1, 0.15) is 11.6 Å². The SMILES string of the molecule is Cc1ccc(-c2n[nH]c(CCNC(=O)c3cc(-c4ccc(F)cc4)on3)n2)cc1. The number of nitrogens with zero attached hydrogens (tertiary/aromatic N) is 3. The second kappa shape index (κ2) is 8.05. The normalized spacial score (nSPS) is 10.8. The average molecular weight is 391 g/mol. The number of carbonyl (C=O) groups is 1. The number of amides is 1. The Morgan fingerprint density at radius 2 is 1.83 bits per heavy atom. The summed E-state index contributed by atoms with van der Waals surface area (Å²) in [7, 11) is 0. The highest BCUT2D eigenvalue weighted by molar-refractivity contribution is 5.93. The molecule has 0 atom stereocenters. The van der Waals surface area contributed by atoms with Crippen LogP contribution >= 0.6 is 0 Å². The second-order valence-electron chi connectivity index (χ2n) is 6.56. The molecule has 7 nitrogen and oxygen atoms in total. The number of rotatable bonds is 6. The van der Waals surface area contributed by atoms with Gasteiger partial charge in [-0.25, -0.2) is 9.37 Å². The van der Waals surface area contributed by atoms with E-state index in [1.807, 2.05) is 31.2 Å². The van der Waals surface area contributed by atoms with Crippen LogP contribution in [0.3, 0.4) is 0 Å². The van der Waals surface area contributed by atoms with E-state index in [9.17, 15) is 9.18 Å². The fraction of sp³-hybridized carbons (Fsp3) is 0.143. The second-order valence-corrected chi connectivity index (χ2v) is 6.56. The Morgan fingerprint density at radius 3 is 2.59 bits per heavy atom. The topological polar surface area (TPSA) is 96.7 Å². The summed E-state index contributed by atoms with van der Waals surface area (Å²) in [5, 5.41) is 13.6. The standard InChI is InChI=1S/C21H18FN5O2/c1-13-2-4-15(5-3-13)20-24-19(25-26-20)10-11-23-21(28)17-12-18(29-27-17)14-6-8-16(22)9-7-14/h2-9,12H,10-11H2,1H3,(H,23,28)(H,24,25,26). The van der Waals surface area contributed by atoms with Gasteiger partial charge in [-0.05, 0) is 31.2 Å². The third kappa shape index (κ3) is 4.37. The number of hydrogen-bond donors (Lipinski definition) is 2. The minimum atomic E-state index is -0.361. The number of nitrogens with one attached hydrogen (secondary N) is 2. The van der Waals surface area contributed by atoms with E-state index in [1.165, 1.54) is 23.8 Å². The van der Waals surface area contributed by atoms with E-state index < -0.39 is 0 Å². The number of aryl methyl sites for hydroxylation is 1. The number of aromatic amines is 1. The highest BCUT2D eigenvalue weighted by atomic mass is 19.1. The molecule has 2 heterocycles. The smallest absolute Gasteiger partial charge is 0.273 e. The molecule has 0 unspecified atom stereocenters. The molecule has 4 rings (SSSR count). The van der Waals surface area contributed by atoms with Gasteiger partial charge in [-0.15, -0.1) is 0 Å². The van der Waals surface area contributed by atoms with E-state index in [-0.39, 0.29) is 17.4 Å². The summed E-state index contributed by atoms with van der Waals surface area (Å²) in [5.74, 6) is 0.984. The zero-order chi connectivity index (χ0) is 20.2. The van der Waals surface area contributed by atoms with Crippen LogP contribution in [0.4, 0.5) is 4.39 Å². The maximum atomic E-state index is 13.0. The molecule has 0 saturated heterocycles. The summed E-state index contributed by atoms with van der Waals surface area (Å²) in [4.78, 5) is 16.7. The molecule has 0 aliphatic rings. The molecule has 0 aliphatic carbocycles. The lowest BCUT2D eigenvalue weighted by Crippen LogP contribution is -2.26. The predicted molar refractivity (Wildman–Crippen MR) is 104 cm³/mol. The third-order valence-electron chi connectivity index (χ3n) is 4.36. The molecule has 8 heteroatoms. The molecule has 0 aliphatic heterocycles. The molecule has 146 valence electrons. The first kappa shape index (κ1) is 18.5. The number of H-pyrrole nitrogens is 1. The molecule has 0 spiro atoms.